The Bertz CT molecular complexity index is 737. The van der Waals surface area contributed by atoms with E-state index in [0.717, 1.165) is 5.56 Å². The van der Waals surface area contributed by atoms with Gasteiger partial charge < -0.3 is 9.47 Å². The van der Waals surface area contributed by atoms with Crippen LogP contribution in [0.1, 0.15) is 42.3 Å². The first-order chi connectivity index (χ1) is 11.9. The minimum absolute atomic E-state index is 0.101. The van der Waals surface area contributed by atoms with Gasteiger partial charge in [0.25, 0.3) is 5.91 Å². The molecule has 0 heterocycles. The Morgan fingerprint density at radius 3 is 2.04 bits per heavy atom. The molecule has 0 spiro atoms. The van der Waals surface area contributed by atoms with Crippen molar-refractivity contribution in [2.45, 2.75) is 26.2 Å². The molecule has 0 aromatic heterocycles. The van der Waals surface area contributed by atoms with Crippen molar-refractivity contribution < 1.29 is 14.3 Å². The molecule has 0 unspecified atom stereocenters. The van der Waals surface area contributed by atoms with Gasteiger partial charge in [-0.3, -0.25) is 4.79 Å². The van der Waals surface area contributed by atoms with Crippen LogP contribution < -0.4 is 14.9 Å². The number of hydrogen-bond donors (Lipinski definition) is 1. The molecule has 5 heteroatoms. The molecule has 2 rings (SSSR count). The van der Waals surface area contributed by atoms with Crippen molar-refractivity contribution in [1.82, 2.24) is 5.43 Å². The highest BCUT2D eigenvalue weighted by atomic mass is 16.5. The van der Waals surface area contributed by atoms with Crippen LogP contribution in [0.15, 0.2) is 47.6 Å². The van der Waals surface area contributed by atoms with E-state index in [1.807, 2.05) is 12.1 Å². The van der Waals surface area contributed by atoms with Crippen LogP contribution in [0.2, 0.25) is 0 Å². The molecular weight excluding hydrogens is 316 g/mol. The van der Waals surface area contributed by atoms with E-state index in [1.54, 1.807) is 24.4 Å². The molecular formula is C20H24N2O3. The average Bonchev–Trinajstić information content (AvgIpc) is 2.60. The summed E-state index contributed by atoms with van der Waals surface area (Å²) in [6.45, 7) is 6.49. The van der Waals surface area contributed by atoms with Crippen molar-refractivity contribution in [1.29, 1.82) is 0 Å². The van der Waals surface area contributed by atoms with E-state index in [0.29, 0.717) is 17.1 Å². The van der Waals surface area contributed by atoms with Gasteiger partial charge >= 0.3 is 0 Å². The van der Waals surface area contributed by atoms with Crippen LogP contribution in [0.25, 0.3) is 0 Å². The van der Waals surface area contributed by atoms with Gasteiger partial charge in [0, 0.05) is 0 Å². The van der Waals surface area contributed by atoms with E-state index in [1.165, 1.54) is 19.8 Å². The summed E-state index contributed by atoms with van der Waals surface area (Å²) < 4.78 is 10.5. The molecule has 25 heavy (non-hydrogen) atoms. The van der Waals surface area contributed by atoms with Gasteiger partial charge in [-0.15, -0.1) is 0 Å². The van der Waals surface area contributed by atoms with Gasteiger partial charge in [0.1, 0.15) is 17.1 Å². The molecule has 5 nitrogen and oxygen atoms in total. The molecule has 0 radical (unpaired) electrons. The minimum Gasteiger partial charge on any atom is -0.496 e. The number of carbonyl (C=O) groups is 1. The number of amides is 1. The largest absolute Gasteiger partial charge is 0.496 e. The molecule has 0 aliphatic rings. The third-order valence-corrected chi connectivity index (χ3v) is 3.81. The van der Waals surface area contributed by atoms with Crippen molar-refractivity contribution in [3.8, 4) is 11.5 Å². The molecule has 1 amide bonds. The number of hydrazone groups is 1. The van der Waals surface area contributed by atoms with Gasteiger partial charge in [0.2, 0.25) is 0 Å². The zero-order chi connectivity index (χ0) is 18.4. The second-order valence-corrected chi connectivity index (χ2v) is 6.61. The molecule has 0 bridgehead atoms. The van der Waals surface area contributed by atoms with Crippen LogP contribution >= 0.6 is 0 Å². The Hall–Kier alpha value is -2.82. The molecule has 0 saturated heterocycles. The highest BCUT2D eigenvalue weighted by molar-refractivity contribution is 6.00. The summed E-state index contributed by atoms with van der Waals surface area (Å²) in [6, 6.07) is 13.2. The predicted octanol–water partition coefficient (Wildman–Crippen LogP) is 3.77. The lowest BCUT2D eigenvalue weighted by Gasteiger charge is -2.18. The van der Waals surface area contributed by atoms with Gasteiger partial charge in [-0.25, -0.2) is 5.43 Å². The van der Waals surface area contributed by atoms with E-state index in [2.05, 4.69) is 43.4 Å². The SMILES string of the molecule is COc1cccc(OC)c1C(=O)N/N=C/c1ccc(C(C)(C)C)cc1. The van der Waals surface area contributed by atoms with Crippen LogP contribution in [0.3, 0.4) is 0 Å². The van der Waals surface area contributed by atoms with Crippen LogP contribution in [-0.4, -0.2) is 26.3 Å². The normalized spacial score (nSPS) is 11.4. The zero-order valence-electron chi connectivity index (χ0n) is 15.3. The second kappa shape index (κ2) is 7.83. The van der Waals surface area contributed by atoms with Gasteiger partial charge in [-0.1, -0.05) is 51.1 Å². The Labute approximate surface area is 148 Å². The molecule has 132 valence electrons. The van der Waals surface area contributed by atoms with E-state index >= 15 is 0 Å². The molecule has 0 fully saturated rings. The molecule has 0 aliphatic carbocycles. The quantitative estimate of drug-likeness (QED) is 0.666. The first-order valence-electron chi connectivity index (χ1n) is 8.01. The topological polar surface area (TPSA) is 59.9 Å². The van der Waals surface area contributed by atoms with Gasteiger partial charge in [-0.05, 0) is 28.7 Å². The molecule has 0 saturated carbocycles. The maximum absolute atomic E-state index is 12.4. The maximum atomic E-state index is 12.4. The molecule has 2 aromatic rings. The fraction of sp³-hybridized carbons (Fsp3) is 0.300. The number of methoxy groups -OCH3 is 2. The smallest absolute Gasteiger partial charge is 0.278 e. The van der Waals surface area contributed by atoms with Crippen LogP contribution in [0.4, 0.5) is 0 Å². The molecule has 2 aromatic carbocycles. The minimum atomic E-state index is -0.392. The lowest BCUT2D eigenvalue weighted by Crippen LogP contribution is -2.19. The first kappa shape index (κ1) is 18.5. The van der Waals surface area contributed by atoms with Crippen LogP contribution in [0, 0.1) is 0 Å². The number of ether oxygens (including phenoxy) is 2. The molecule has 0 atom stereocenters. The summed E-state index contributed by atoms with van der Waals surface area (Å²) in [4.78, 5) is 12.4. The third-order valence-electron chi connectivity index (χ3n) is 3.81. The summed E-state index contributed by atoms with van der Waals surface area (Å²) in [6.07, 6.45) is 1.60. The third kappa shape index (κ3) is 4.59. The zero-order valence-corrected chi connectivity index (χ0v) is 15.3. The predicted molar refractivity (Wildman–Crippen MR) is 99.7 cm³/mol. The number of carbonyl (C=O) groups excluding carboxylic acids is 1. The standard InChI is InChI=1S/C20H24N2O3/c1-20(2,3)15-11-9-14(10-12-15)13-21-22-19(23)18-16(24-4)7-6-8-17(18)25-5/h6-13H,1-5H3,(H,22,23)/b21-13+. The van der Waals surface area contributed by atoms with Crippen molar-refractivity contribution in [2.24, 2.45) is 5.10 Å². The lowest BCUT2D eigenvalue weighted by atomic mass is 9.87. The van der Waals surface area contributed by atoms with Crippen molar-refractivity contribution in [2.75, 3.05) is 14.2 Å². The fourth-order valence-electron chi connectivity index (χ4n) is 2.37. The van der Waals surface area contributed by atoms with Gasteiger partial charge in [-0.2, -0.15) is 5.10 Å². The van der Waals surface area contributed by atoms with Gasteiger partial charge in [0.05, 0.1) is 20.4 Å². The second-order valence-electron chi connectivity index (χ2n) is 6.61. The average molecular weight is 340 g/mol. The number of hydrogen-bond acceptors (Lipinski definition) is 4. The van der Waals surface area contributed by atoms with Crippen molar-refractivity contribution >= 4 is 12.1 Å². The van der Waals surface area contributed by atoms with Crippen molar-refractivity contribution in [3.63, 3.8) is 0 Å². The highest BCUT2D eigenvalue weighted by Crippen LogP contribution is 2.28. The molecule has 1 N–H and O–H groups in total. The van der Waals surface area contributed by atoms with Crippen molar-refractivity contribution in [3.05, 3.63) is 59.2 Å². The number of nitrogens with one attached hydrogen (secondary N) is 1. The summed E-state index contributed by atoms with van der Waals surface area (Å²) >= 11 is 0. The summed E-state index contributed by atoms with van der Waals surface area (Å²) in [5.74, 6) is 0.472. The lowest BCUT2D eigenvalue weighted by molar-refractivity contribution is 0.0949. The molecule has 0 aliphatic heterocycles. The highest BCUT2D eigenvalue weighted by Gasteiger charge is 2.17. The number of nitrogens with zero attached hydrogens (tertiary/aromatic N) is 1. The summed E-state index contributed by atoms with van der Waals surface area (Å²) in [7, 11) is 3.01. The van der Waals surface area contributed by atoms with Crippen LogP contribution in [0.5, 0.6) is 11.5 Å². The van der Waals surface area contributed by atoms with Gasteiger partial charge in [0.15, 0.2) is 0 Å². The van der Waals surface area contributed by atoms with E-state index in [4.69, 9.17) is 9.47 Å². The first-order valence-corrected chi connectivity index (χ1v) is 8.01. The summed E-state index contributed by atoms with van der Waals surface area (Å²) in [5.41, 5.74) is 5.07. The van der Waals surface area contributed by atoms with E-state index < -0.39 is 5.91 Å². The fourth-order valence-corrected chi connectivity index (χ4v) is 2.37. The maximum Gasteiger partial charge on any atom is 0.278 e. The van der Waals surface area contributed by atoms with E-state index in [9.17, 15) is 4.79 Å². The number of benzene rings is 2. The summed E-state index contributed by atoms with van der Waals surface area (Å²) in [5, 5.41) is 4.02. The monoisotopic (exact) mass is 340 g/mol. The Balaban J connectivity index is 2.11. The number of rotatable bonds is 5. The Kier molecular flexibility index (Phi) is 5.80. The Morgan fingerprint density at radius 2 is 1.56 bits per heavy atom. The van der Waals surface area contributed by atoms with Crippen LogP contribution in [-0.2, 0) is 5.41 Å². The van der Waals surface area contributed by atoms with E-state index in [-0.39, 0.29) is 5.41 Å². The Morgan fingerprint density at radius 1 is 1.00 bits per heavy atom.